The van der Waals surface area contributed by atoms with Crippen LogP contribution in [0.3, 0.4) is 0 Å². The molecule has 1 heteroatoms. The van der Waals surface area contributed by atoms with Crippen LogP contribution in [0.2, 0.25) is 0 Å². The lowest BCUT2D eigenvalue weighted by Gasteiger charge is -2.39. The normalized spacial score (nSPS) is 57.7. The van der Waals surface area contributed by atoms with Gasteiger partial charge in [-0.05, 0) is 38.0 Å². The highest BCUT2D eigenvalue weighted by Gasteiger charge is 2.79. The molecule has 50 valence electrons. The molecule has 0 bridgehead atoms. The SMILES string of the molecule is OC1(C23CC2C3)CCC1. The van der Waals surface area contributed by atoms with Crippen molar-refractivity contribution in [3.05, 3.63) is 0 Å². The standard InChI is InChI=1S/C8H12O/c9-8(2-1-3-8)7-4-6(7)5-7/h6,9H,1-5H2. The molecule has 3 aliphatic carbocycles. The van der Waals surface area contributed by atoms with Crippen molar-refractivity contribution in [2.75, 3.05) is 0 Å². The van der Waals surface area contributed by atoms with E-state index < -0.39 is 0 Å². The second kappa shape index (κ2) is 0.968. The Morgan fingerprint density at radius 2 is 1.78 bits per heavy atom. The second-order valence-corrected chi connectivity index (χ2v) is 4.15. The molecule has 0 aromatic heterocycles. The van der Waals surface area contributed by atoms with E-state index >= 15 is 0 Å². The highest BCUT2D eigenvalue weighted by atomic mass is 16.3. The van der Waals surface area contributed by atoms with Crippen molar-refractivity contribution in [2.45, 2.75) is 37.7 Å². The average Bonchev–Trinajstić information content (AvgIpc) is 2.39. The minimum atomic E-state index is -0.155. The predicted molar refractivity (Wildman–Crippen MR) is 34.0 cm³/mol. The van der Waals surface area contributed by atoms with Gasteiger partial charge in [-0.2, -0.15) is 0 Å². The zero-order valence-corrected chi connectivity index (χ0v) is 5.56. The maximum atomic E-state index is 9.85. The van der Waals surface area contributed by atoms with Gasteiger partial charge in [-0.15, -0.1) is 0 Å². The monoisotopic (exact) mass is 124 g/mol. The molecular formula is C8H12O. The summed E-state index contributed by atoms with van der Waals surface area (Å²) in [5, 5.41) is 9.85. The molecule has 0 aromatic rings. The van der Waals surface area contributed by atoms with Crippen LogP contribution in [-0.2, 0) is 0 Å². The molecule has 0 saturated heterocycles. The van der Waals surface area contributed by atoms with Crippen molar-refractivity contribution < 1.29 is 5.11 Å². The third-order valence-electron chi connectivity index (χ3n) is 3.79. The van der Waals surface area contributed by atoms with Crippen molar-refractivity contribution in [3.8, 4) is 0 Å². The van der Waals surface area contributed by atoms with E-state index in [1.807, 2.05) is 0 Å². The first-order valence-electron chi connectivity index (χ1n) is 3.99. The number of hydrogen-bond acceptors (Lipinski definition) is 1. The largest absolute Gasteiger partial charge is 0.389 e. The molecule has 0 radical (unpaired) electrons. The number of rotatable bonds is 1. The van der Waals surface area contributed by atoms with Gasteiger partial charge < -0.3 is 5.11 Å². The lowest BCUT2D eigenvalue weighted by molar-refractivity contribution is -0.0747. The first kappa shape index (κ1) is 4.73. The zero-order chi connectivity index (χ0) is 6.11. The van der Waals surface area contributed by atoms with Crippen molar-refractivity contribution in [1.82, 2.24) is 0 Å². The van der Waals surface area contributed by atoms with Gasteiger partial charge in [-0.3, -0.25) is 0 Å². The summed E-state index contributed by atoms with van der Waals surface area (Å²) in [6, 6.07) is 0. The Labute approximate surface area is 55.1 Å². The number of hydrogen-bond donors (Lipinski definition) is 1. The predicted octanol–water partition coefficient (Wildman–Crippen LogP) is 1.31. The van der Waals surface area contributed by atoms with Crippen LogP contribution in [0.4, 0.5) is 0 Å². The van der Waals surface area contributed by atoms with Crippen LogP contribution in [0.5, 0.6) is 0 Å². The van der Waals surface area contributed by atoms with Crippen molar-refractivity contribution in [2.24, 2.45) is 11.3 Å². The Kier molecular flexibility index (Phi) is 0.508. The summed E-state index contributed by atoms with van der Waals surface area (Å²) in [7, 11) is 0. The van der Waals surface area contributed by atoms with Crippen LogP contribution in [-0.4, -0.2) is 10.7 Å². The summed E-state index contributed by atoms with van der Waals surface area (Å²) >= 11 is 0. The lowest BCUT2D eigenvalue weighted by Crippen LogP contribution is -2.42. The minimum Gasteiger partial charge on any atom is -0.389 e. The summed E-state index contributed by atoms with van der Waals surface area (Å²) in [4.78, 5) is 0. The van der Waals surface area contributed by atoms with Crippen LogP contribution in [0.15, 0.2) is 0 Å². The van der Waals surface area contributed by atoms with Gasteiger partial charge in [0.15, 0.2) is 0 Å². The molecule has 3 saturated carbocycles. The third-order valence-corrected chi connectivity index (χ3v) is 3.79. The highest BCUT2D eigenvalue weighted by molar-refractivity contribution is 5.28. The second-order valence-electron chi connectivity index (χ2n) is 4.15. The van der Waals surface area contributed by atoms with Gasteiger partial charge in [0, 0.05) is 5.41 Å². The summed E-state index contributed by atoms with van der Waals surface area (Å²) in [6.45, 7) is 0. The first-order chi connectivity index (χ1) is 4.27. The molecule has 1 nitrogen and oxygen atoms in total. The summed E-state index contributed by atoms with van der Waals surface area (Å²) in [5.74, 6) is 0.961. The summed E-state index contributed by atoms with van der Waals surface area (Å²) in [6.07, 6.45) is 6.17. The Morgan fingerprint density at radius 3 is 1.89 bits per heavy atom. The Balaban J connectivity index is 1.90. The van der Waals surface area contributed by atoms with E-state index in [2.05, 4.69) is 0 Å². The van der Waals surface area contributed by atoms with Gasteiger partial charge in [0.05, 0.1) is 5.60 Å². The molecule has 0 amide bonds. The van der Waals surface area contributed by atoms with E-state index in [1.54, 1.807) is 0 Å². The van der Waals surface area contributed by atoms with Crippen molar-refractivity contribution in [1.29, 1.82) is 0 Å². The van der Waals surface area contributed by atoms with Crippen LogP contribution < -0.4 is 0 Å². The van der Waals surface area contributed by atoms with Gasteiger partial charge in [0.2, 0.25) is 0 Å². The first-order valence-corrected chi connectivity index (χ1v) is 3.99. The van der Waals surface area contributed by atoms with Gasteiger partial charge in [-0.25, -0.2) is 0 Å². The van der Waals surface area contributed by atoms with Gasteiger partial charge in [0.1, 0.15) is 0 Å². The molecule has 0 atom stereocenters. The van der Waals surface area contributed by atoms with Crippen molar-refractivity contribution in [3.63, 3.8) is 0 Å². The topological polar surface area (TPSA) is 20.2 Å². The molecule has 0 aromatic carbocycles. The fraction of sp³-hybridized carbons (Fsp3) is 1.00. The third kappa shape index (κ3) is 0.337. The molecule has 9 heavy (non-hydrogen) atoms. The zero-order valence-electron chi connectivity index (χ0n) is 5.56. The molecule has 3 fully saturated rings. The van der Waals surface area contributed by atoms with Gasteiger partial charge in [-0.1, -0.05) is 0 Å². The molecule has 0 spiro atoms. The smallest absolute Gasteiger partial charge is 0.0706 e. The molecule has 0 unspecified atom stereocenters. The Bertz CT molecular complexity index is 163. The average molecular weight is 124 g/mol. The lowest BCUT2D eigenvalue weighted by atomic mass is 9.72. The van der Waals surface area contributed by atoms with E-state index in [9.17, 15) is 5.11 Å². The van der Waals surface area contributed by atoms with E-state index in [1.165, 1.54) is 19.3 Å². The van der Waals surface area contributed by atoms with Crippen LogP contribution in [0.1, 0.15) is 32.1 Å². The quantitative estimate of drug-likeness (QED) is 0.558. The van der Waals surface area contributed by atoms with E-state index in [0.29, 0.717) is 5.41 Å². The summed E-state index contributed by atoms with van der Waals surface area (Å²) in [5.41, 5.74) is 0.350. The number of aliphatic hydroxyl groups is 1. The van der Waals surface area contributed by atoms with E-state index in [-0.39, 0.29) is 5.60 Å². The van der Waals surface area contributed by atoms with Crippen molar-refractivity contribution >= 4 is 0 Å². The number of fused-ring (bicyclic) bond motifs is 1. The highest BCUT2D eigenvalue weighted by Crippen LogP contribution is 2.82. The van der Waals surface area contributed by atoms with Crippen LogP contribution in [0.25, 0.3) is 0 Å². The summed E-state index contributed by atoms with van der Waals surface area (Å²) < 4.78 is 0. The minimum absolute atomic E-state index is 0.155. The molecule has 1 N–H and O–H groups in total. The fourth-order valence-corrected chi connectivity index (χ4v) is 2.47. The van der Waals surface area contributed by atoms with Gasteiger partial charge >= 0.3 is 0 Å². The van der Waals surface area contributed by atoms with E-state index in [4.69, 9.17) is 0 Å². The van der Waals surface area contributed by atoms with Crippen LogP contribution >= 0.6 is 0 Å². The Hall–Kier alpha value is -0.0400. The Morgan fingerprint density at radius 1 is 1.22 bits per heavy atom. The molecule has 0 heterocycles. The maximum absolute atomic E-state index is 9.85. The molecular weight excluding hydrogens is 112 g/mol. The molecule has 0 aliphatic heterocycles. The van der Waals surface area contributed by atoms with Gasteiger partial charge in [0.25, 0.3) is 0 Å². The molecule has 3 aliphatic rings. The van der Waals surface area contributed by atoms with Crippen LogP contribution in [0, 0.1) is 11.3 Å². The fourth-order valence-electron chi connectivity index (χ4n) is 2.47. The van der Waals surface area contributed by atoms with E-state index in [0.717, 1.165) is 18.8 Å². The maximum Gasteiger partial charge on any atom is 0.0706 e. The molecule has 3 rings (SSSR count).